The molecule has 0 saturated heterocycles. The SMILES string of the molecule is Cc1cc(-c2nnc(N)n2N)c(C)nn1. The van der Waals surface area contributed by atoms with Gasteiger partial charge in [0.1, 0.15) is 0 Å². The number of nitrogens with two attached hydrogens (primary N) is 2. The summed E-state index contributed by atoms with van der Waals surface area (Å²) in [5.41, 5.74) is 7.81. The minimum atomic E-state index is 0.166. The number of nitrogen functional groups attached to an aromatic ring is 2. The lowest BCUT2D eigenvalue weighted by Crippen LogP contribution is -2.14. The second kappa shape index (κ2) is 3.19. The van der Waals surface area contributed by atoms with Gasteiger partial charge in [0.25, 0.3) is 0 Å². The van der Waals surface area contributed by atoms with Crippen molar-refractivity contribution in [3.63, 3.8) is 0 Å². The minimum Gasteiger partial charge on any atom is -0.366 e. The fraction of sp³-hybridized carbons (Fsp3) is 0.250. The maximum absolute atomic E-state index is 5.67. The van der Waals surface area contributed by atoms with Gasteiger partial charge < -0.3 is 11.6 Å². The van der Waals surface area contributed by atoms with Gasteiger partial charge in [0.05, 0.1) is 11.4 Å². The molecule has 0 aromatic carbocycles. The normalized spacial score (nSPS) is 10.5. The van der Waals surface area contributed by atoms with Gasteiger partial charge in [0.15, 0.2) is 5.82 Å². The molecule has 0 fully saturated rings. The van der Waals surface area contributed by atoms with Crippen molar-refractivity contribution in [3.8, 4) is 11.4 Å². The maximum Gasteiger partial charge on any atom is 0.241 e. The average Bonchev–Trinajstić information content (AvgIpc) is 2.52. The Bertz CT molecular complexity index is 502. The molecule has 0 atom stereocenters. The lowest BCUT2D eigenvalue weighted by atomic mass is 10.2. The van der Waals surface area contributed by atoms with Gasteiger partial charge in [-0.3, -0.25) is 0 Å². The summed E-state index contributed by atoms with van der Waals surface area (Å²) in [4.78, 5) is 0. The van der Waals surface area contributed by atoms with Gasteiger partial charge in [-0.05, 0) is 19.9 Å². The van der Waals surface area contributed by atoms with Crippen molar-refractivity contribution in [2.45, 2.75) is 13.8 Å². The van der Waals surface area contributed by atoms with Crippen molar-refractivity contribution in [1.29, 1.82) is 0 Å². The van der Waals surface area contributed by atoms with E-state index in [-0.39, 0.29) is 5.95 Å². The van der Waals surface area contributed by atoms with Crippen LogP contribution in [-0.4, -0.2) is 25.1 Å². The molecule has 0 saturated carbocycles. The van der Waals surface area contributed by atoms with E-state index < -0.39 is 0 Å². The first-order valence-electron chi connectivity index (χ1n) is 4.37. The van der Waals surface area contributed by atoms with Gasteiger partial charge in [-0.15, -0.1) is 10.2 Å². The van der Waals surface area contributed by atoms with Crippen LogP contribution in [0.3, 0.4) is 0 Å². The first-order chi connectivity index (χ1) is 7.09. The molecule has 2 rings (SSSR count). The molecule has 0 spiro atoms. The summed E-state index contributed by atoms with van der Waals surface area (Å²) < 4.78 is 1.23. The Hall–Kier alpha value is -2.18. The third kappa shape index (κ3) is 1.47. The van der Waals surface area contributed by atoms with Gasteiger partial charge >= 0.3 is 0 Å². The van der Waals surface area contributed by atoms with Crippen LogP contribution in [0.2, 0.25) is 0 Å². The Labute approximate surface area is 86.1 Å². The van der Waals surface area contributed by atoms with Crippen molar-refractivity contribution in [3.05, 3.63) is 17.5 Å². The van der Waals surface area contributed by atoms with Crippen molar-refractivity contribution in [2.75, 3.05) is 11.6 Å². The summed E-state index contributed by atoms with van der Waals surface area (Å²) in [6.07, 6.45) is 0. The van der Waals surface area contributed by atoms with Gasteiger partial charge in [0.2, 0.25) is 5.95 Å². The second-order valence-corrected chi connectivity index (χ2v) is 3.24. The topological polar surface area (TPSA) is 109 Å². The zero-order valence-electron chi connectivity index (χ0n) is 8.47. The molecule has 78 valence electrons. The number of nitrogens with zero attached hydrogens (tertiary/aromatic N) is 5. The highest BCUT2D eigenvalue weighted by Gasteiger charge is 2.12. The predicted octanol–water partition coefficient (Wildman–Crippen LogP) is -0.352. The molecular weight excluding hydrogens is 194 g/mol. The fourth-order valence-electron chi connectivity index (χ4n) is 1.26. The number of aromatic nitrogens is 5. The Morgan fingerprint density at radius 2 is 1.87 bits per heavy atom. The molecule has 0 unspecified atom stereocenters. The standard InChI is InChI=1S/C8H11N7/c1-4-3-6(5(2)12-11-4)7-13-14-8(9)15(7)10/h3H,10H2,1-2H3,(H2,9,14). The van der Waals surface area contributed by atoms with E-state index in [9.17, 15) is 0 Å². The summed E-state index contributed by atoms with van der Waals surface area (Å²) >= 11 is 0. The summed E-state index contributed by atoms with van der Waals surface area (Å²) in [5, 5.41) is 15.5. The highest BCUT2D eigenvalue weighted by Crippen LogP contribution is 2.19. The first kappa shape index (κ1) is 9.38. The van der Waals surface area contributed by atoms with Crippen molar-refractivity contribution >= 4 is 5.95 Å². The number of hydrogen-bond acceptors (Lipinski definition) is 6. The second-order valence-electron chi connectivity index (χ2n) is 3.24. The Morgan fingerprint density at radius 3 is 2.47 bits per heavy atom. The molecule has 0 amide bonds. The Balaban J connectivity index is 2.63. The van der Waals surface area contributed by atoms with Crippen LogP contribution in [0.15, 0.2) is 6.07 Å². The van der Waals surface area contributed by atoms with Crippen LogP contribution in [0, 0.1) is 13.8 Å². The van der Waals surface area contributed by atoms with Crippen molar-refractivity contribution in [2.24, 2.45) is 0 Å². The smallest absolute Gasteiger partial charge is 0.241 e. The van der Waals surface area contributed by atoms with Gasteiger partial charge in [-0.2, -0.15) is 10.2 Å². The van der Waals surface area contributed by atoms with E-state index in [1.165, 1.54) is 4.68 Å². The molecule has 2 aromatic heterocycles. The largest absolute Gasteiger partial charge is 0.366 e. The highest BCUT2D eigenvalue weighted by atomic mass is 15.4. The molecule has 4 N–H and O–H groups in total. The third-order valence-corrected chi connectivity index (χ3v) is 2.06. The van der Waals surface area contributed by atoms with Crippen LogP contribution in [0.25, 0.3) is 11.4 Å². The summed E-state index contributed by atoms with van der Waals surface area (Å²) in [6.45, 7) is 3.67. The molecule has 0 aliphatic carbocycles. The van der Waals surface area contributed by atoms with Crippen LogP contribution in [0.1, 0.15) is 11.4 Å². The lowest BCUT2D eigenvalue weighted by Gasteiger charge is -2.04. The number of hydrogen-bond donors (Lipinski definition) is 2. The first-order valence-corrected chi connectivity index (χ1v) is 4.37. The van der Waals surface area contributed by atoms with Crippen LogP contribution in [-0.2, 0) is 0 Å². The zero-order chi connectivity index (χ0) is 11.0. The molecule has 2 aromatic rings. The minimum absolute atomic E-state index is 0.166. The van der Waals surface area contributed by atoms with Gasteiger partial charge in [-0.1, -0.05) is 0 Å². The van der Waals surface area contributed by atoms with Crippen molar-refractivity contribution in [1.82, 2.24) is 25.1 Å². The molecule has 7 heteroatoms. The van der Waals surface area contributed by atoms with Gasteiger partial charge in [-0.25, -0.2) is 4.68 Å². The zero-order valence-corrected chi connectivity index (χ0v) is 8.47. The predicted molar refractivity (Wildman–Crippen MR) is 55.1 cm³/mol. The van der Waals surface area contributed by atoms with Crippen LogP contribution >= 0.6 is 0 Å². The van der Waals surface area contributed by atoms with Crippen LogP contribution < -0.4 is 11.6 Å². The van der Waals surface area contributed by atoms with E-state index >= 15 is 0 Å². The van der Waals surface area contributed by atoms with Crippen molar-refractivity contribution < 1.29 is 0 Å². The molecule has 0 radical (unpaired) electrons. The highest BCUT2D eigenvalue weighted by molar-refractivity contribution is 5.59. The maximum atomic E-state index is 5.67. The van der Waals surface area contributed by atoms with E-state index in [0.717, 1.165) is 17.0 Å². The monoisotopic (exact) mass is 205 g/mol. The molecule has 2 heterocycles. The average molecular weight is 205 g/mol. The molecule has 0 aliphatic rings. The van der Waals surface area contributed by atoms with E-state index in [4.69, 9.17) is 11.6 Å². The Kier molecular flexibility index (Phi) is 2.00. The van der Waals surface area contributed by atoms with E-state index in [0.29, 0.717) is 5.82 Å². The van der Waals surface area contributed by atoms with E-state index in [1.54, 1.807) is 0 Å². The number of anilines is 1. The fourth-order valence-corrected chi connectivity index (χ4v) is 1.26. The third-order valence-electron chi connectivity index (χ3n) is 2.06. The summed E-state index contributed by atoms with van der Waals surface area (Å²) in [5.74, 6) is 6.33. The molecule has 0 aliphatic heterocycles. The molecule has 7 nitrogen and oxygen atoms in total. The Morgan fingerprint density at radius 1 is 1.13 bits per heavy atom. The molecular formula is C8H11N7. The van der Waals surface area contributed by atoms with Gasteiger partial charge in [0, 0.05) is 5.56 Å². The quantitative estimate of drug-likeness (QED) is 0.616. The number of aryl methyl sites for hydroxylation is 2. The molecule has 0 bridgehead atoms. The lowest BCUT2D eigenvalue weighted by molar-refractivity contribution is 0.928. The van der Waals surface area contributed by atoms with E-state index in [1.807, 2.05) is 19.9 Å². The summed E-state index contributed by atoms with van der Waals surface area (Å²) in [7, 11) is 0. The van der Waals surface area contributed by atoms with Crippen LogP contribution in [0.5, 0.6) is 0 Å². The van der Waals surface area contributed by atoms with E-state index in [2.05, 4.69) is 20.4 Å². The summed E-state index contributed by atoms with van der Waals surface area (Å²) in [6, 6.07) is 1.84. The molecule has 15 heavy (non-hydrogen) atoms. The number of rotatable bonds is 1. The van der Waals surface area contributed by atoms with Crippen LogP contribution in [0.4, 0.5) is 5.95 Å².